The molecule has 0 atom stereocenters. The van der Waals surface area contributed by atoms with E-state index in [1.807, 2.05) is 30.3 Å². The zero-order valence-electron chi connectivity index (χ0n) is 16.0. The summed E-state index contributed by atoms with van der Waals surface area (Å²) in [7, 11) is 0. The van der Waals surface area contributed by atoms with Crippen molar-refractivity contribution in [3.8, 4) is 11.1 Å². The molecule has 2 aromatic carbocycles. The minimum Gasteiger partial charge on any atom is -0.370 e. The van der Waals surface area contributed by atoms with Gasteiger partial charge in [0, 0.05) is 24.3 Å². The van der Waals surface area contributed by atoms with Crippen molar-refractivity contribution in [1.29, 1.82) is 0 Å². The molecule has 0 spiro atoms. The number of aromatic nitrogens is 2. The fourth-order valence-electron chi connectivity index (χ4n) is 3.80. The number of benzene rings is 2. The molecule has 2 heterocycles. The van der Waals surface area contributed by atoms with E-state index in [1.165, 1.54) is 11.1 Å². The van der Waals surface area contributed by atoms with Crippen molar-refractivity contribution in [3.63, 3.8) is 0 Å². The van der Waals surface area contributed by atoms with Gasteiger partial charge in [0.25, 0.3) is 0 Å². The highest BCUT2D eigenvalue weighted by molar-refractivity contribution is 6.30. The number of hydrogen-bond donors (Lipinski definition) is 2. The van der Waals surface area contributed by atoms with Crippen molar-refractivity contribution in [2.45, 2.75) is 18.4 Å². The summed E-state index contributed by atoms with van der Waals surface area (Å²) in [6, 6.07) is 18.6. The van der Waals surface area contributed by atoms with Crippen LogP contribution in [0.15, 0.2) is 73.2 Å². The molecule has 1 aliphatic carbocycles. The molecule has 0 radical (unpaired) electrons. The van der Waals surface area contributed by atoms with Crippen LogP contribution in [-0.4, -0.2) is 23.1 Å². The van der Waals surface area contributed by atoms with E-state index in [2.05, 4.69) is 51.4 Å². The molecule has 2 N–H and O–H groups in total. The lowest BCUT2D eigenvalue weighted by Crippen LogP contribution is -2.23. The molecule has 1 aliphatic heterocycles. The van der Waals surface area contributed by atoms with Crippen LogP contribution in [0.3, 0.4) is 0 Å². The smallest absolute Gasteiger partial charge is 0.225 e. The summed E-state index contributed by atoms with van der Waals surface area (Å²) in [6.45, 7) is 5.79. The van der Waals surface area contributed by atoms with Crippen LogP contribution < -0.4 is 15.5 Å². The van der Waals surface area contributed by atoms with E-state index in [4.69, 9.17) is 16.6 Å². The quantitative estimate of drug-likeness (QED) is 0.642. The Labute approximate surface area is 175 Å². The van der Waals surface area contributed by atoms with Crippen molar-refractivity contribution in [2.24, 2.45) is 0 Å². The van der Waals surface area contributed by atoms with Crippen LogP contribution in [0.4, 0.5) is 11.8 Å². The van der Waals surface area contributed by atoms with E-state index in [-0.39, 0.29) is 5.54 Å². The second-order valence-corrected chi connectivity index (χ2v) is 7.99. The minimum absolute atomic E-state index is 0.0859. The van der Waals surface area contributed by atoms with Gasteiger partial charge in [0.1, 0.15) is 5.82 Å². The zero-order valence-corrected chi connectivity index (χ0v) is 16.8. The molecule has 0 bridgehead atoms. The first-order chi connectivity index (χ1) is 14.1. The Morgan fingerprint density at radius 1 is 1.00 bits per heavy atom. The van der Waals surface area contributed by atoms with Crippen molar-refractivity contribution in [2.75, 3.05) is 23.3 Å². The standard InChI is InChI=1S/C23H22ClN5/c1-16-25-14-15-29(16)21-10-13-26-22(27-21)28-23(11-12-23)19-6-2-17(3-7-19)18-4-8-20(24)9-5-18/h2-10,13,25H,1,11-12,14-15H2,(H,26,27,28). The van der Waals surface area contributed by atoms with Gasteiger partial charge in [-0.15, -0.1) is 0 Å². The van der Waals surface area contributed by atoms with Crippen LogP contribution in [0.5, 0.6) is 0 Å². The molecule has 2 aliphatic rings. The fourth-order valence-corrected chi connectivity index (χ4v) is 3.93. The molecule has 3 aromatic rings. The van der Waals surface area contributed by atoms with E-state index in [0.717, 1.165) is 48.2 Å². The average molecular weight is 404 g/mol. The number of rotatable bonds is 5. The van der Waals surface area contributed by atoms with E-state index in [9.17, 15) is 0 Å². The van der Waals surface area contributed by atoms with E-state index < -0.39 is 0 Å². The van der Waals surface area contributed by atoms with E-state index in [0.29, 0.717) is 5.95 Å². The minimum atomic E-state index is -0.0859. The lowest BCUT2D eigenvalue weighted by atomic mass is 9.99. The summed E-state index contributed by atoms with van der Waals surface area (Å²) < 4.78 is 0. The molecule has 1 saturated carbocycles. The molecule has 0 amide bonds. The van der Waals surface area contributed by atoms with Gasteiger partial charge in [-0.3, -0.25) is 0 Å². The first kappa shape index (κ1) is 18.0. The largest absolute Gasteiger partial charge is 0.370 e. The molecule has 5 nitrogen and oxygen atoms in total. The maximum absolute atomic E-state index is 6.00. The molecule has 1 aromatic heterocycles. The van der Waals surface area contributed by atoms with Gasteiger partial charge in [-0.1, -0.05) is 54.6 Å². The van der Waals surface area contributed by atoms with Crippen LogP contribution in [0.25, 0.3) is 11.1 Å². The van der Waals surface area contributed by atoms with Crippen LogP contribution in [0, 0.1) is 0 Å². The second-order valence-electron chi connectivity index (χ2n) is 7.55. The molecule has 146 valence electrons. The van der Waals surface area contributed by atoms with Gasteiger partial charge in [-0.2, -0.15) is 4.98 Å². The molecule has 0 unspecified atom stereocenters. The summed E-state index contributed by atoms with van der Waals surface area (Å²) in [5, 5.41) is 7.57. The van der Waals surface area contributed by atoms with Crippen molar-refractivity contribution < 1.29 is 0 Å². The van der Waals surface area contributed by atoms with Gasteiger partial charge in [-0.25, -0.2) is 4.98 Å². The van der Waals surface area contributed by atoms with Crippen LogP contribution >= 0.6 is 11.6 Å². The lowest BCUT2D eigenvalue weighted by molar-refractivity contribution is 0.788. The van der Waals surface area contributed by atoms with Crippen molar-refractivity contribution >= 4 is 23.4 Å². The number of nitrogens with zero attached hydrogens (tertiary/aromatic N) is 3. The van der Waals surface area contributed by atoms with Crippen molar-refractivity contribution in [3.05, 3.63) is 83.8 Å². The second kappa shape index (κ2) is 7.08. The van der Waals surface area contributed by atoms with Gasteiger partial charge >= 0.3 is 0 Å². The highest BCUT2D eigenvalue weighted by atomic mass is 35.5. The molecule has 2 fully saturated rings. The number of hydrogen-bond acceptors (Lipinski definition) is 5. The molecule has 29 heavy (non-hydrogen) atoms. The number of anilines is 2. The van der Waals surface area contributed by atoms with Gasteiger partial charge in [-0.05, 0) is 47.7 Å². The fraction of sp³-hybridized carbons (Fsp3) is 0.217. The van der Waals surface area contributed by atoms with Crippen LogP contribution in [-0.2, 0) is 5.54 Å². The Bertz CT molecular complexity index is 1040. The monoisotopic (exact) mass is 403 g/mol. The maximum Gasteiger partial charge on any atom is 0.225 e. The highest BCUT2D eigenvalue weighted by Crippen LogP contribution is 2.48. The first-order valence-electron chi connectivity index (χ1n) is 9.81. The Morgan fingerprint density at radius 2 is 1.69 bits per heavy atom. The summed E-state index contributed by atoms with van der Waals surface area (Å²) in [5.41, 5.74) is 3.52. The molecular formula is C23H22ClN5. The van der Waals surface area contributed by atoms with E-state index in [1.54, 1.807) is 6.20 Å². The average Bonchev–Trinajstić information content (AvgIpc) is 3.40. The predicted molar refractivity (Wildman–Crippen MR) is 118 cm³/mol. The Hall–Kier alpha value is -3.05. The molecule has 6 heteroatoms. The summed E-state index contributed by atoms with van der Waals surface area (Å²) >= 11 is 6.00. The lowest BCUT2D eigenvalue weighted by Gasteiger charge is -2.21. The van der Waals surface area contributed by atoms with Gasteiger partial charge in [0.15, 0.2) is 0 Å². The molecule has 5 rings (SSSR count). The van der Waals surface area contributed by atoms with Crippen molar-refractivity contribution in [1.82, 2.24) is 15.3 Å². The maximum atomic E-state index is 6.00. The van der Waals surface area contributed by atoms with Gasteiger partial charge in [0.2, 0.25) is 5.95 Å². The Balaban J connectivity index is 1.35. The first-order valence-corrected chi connectivity index (χ1v) is 10.2. The normalized spacial score (nSPS) is 17.1. The van der Waals surface area contributed by atoms with Gasteiger partial charge in [0.05, 0.1) is 11.4 Å². The summed E-state index contributed by atoms with van der Waals surface area (Å²) in [4.78, 5) is 11.2. The predicted octanol–water partition coefficient (Wildman–Crippen LogP) is 4.78. The topological polar surface area (TPSA) is 53.1 Å². The molecular weight excluding hydrogens is 382 g/mol. The summed E-state index contributed by atoms with van der Waals surface area (Å²) in [5.74, 6) is 2.40. The Kier molecular flexibility index (Phi) is 4.40. The third kappa shape index (κ3) is 3.54. The SMILES string of the molecule is C=C1NCCN1c1ccnc(NC2(c3ccc(-c4ccc(Cl)cc4)cc3)CC2)n1. The zero-order chi connectivity index (χ0) is 19.8. The van der Waals surface area contributed by atoms with E-state index >= 15 is 0 Å². The molecule has 1 saturated heterocycles. The highest BCUT2D eigenvalue weighted by Gasteiger charge is 2.45. The van der Waals surface area contributed by atoms with Crippen LogP contribution in [0.1, 0.15) is 18.4 Å². The number of nitrogens with one attached hydrogen (secondary N) is 2. The Morgan fingerprint density at radius 3 is 2.31 bits per heavy atom. The number of halogens is 1. The third-order valence-corrected chi connectivity index (χ3v) is 5.88. The van der Waals surface area contributed by atoms with Crippen LogP contribution in [0.2, 0.25) is 5.02 Å². The van der Waals surface area contributed by atoms with Gasteiger partial charge < -0.3 is 15.5 Å². The third-order valence-electron chi connectivity index (χ3n) is 5.62. The summed E-state index contributed by atoms with van der Waals surface area (Å²) in [6.07, 6.45) is 3.94.